The van der Waals surface area contributed by atoms with Crippen LogP contribution in [0, 0.1) is 0 Å². The van der Waals surface area contributed by atoms with Gasteiger partial charge in [0.15, 0.2) is 0 Å². The van der Waals surface area contributed by atoms with E-state index in [2.05, 4.69) is 22.4 Å². The molecule has 0 aliphatic rings. The number of ether oxygens (including phenoxy) is 1. The summed E-state index contributed by atoms with van der Waals surface area (Å²) in [6.45, 7) is 0.799. The largest absolute Gasteiger partial charge is 0.497 e. The van der Waals surface area contributed by atoms with E-state index in [-0.39, 0.29) is 0 Å². The van der Waals surface area contributed by atoms with Gasteiger partial charge in [-0.3, -0.25) is 0 Å². The first-order valence-electron chi connectivity index (χ1n) is 5.87. The lowest BCUT2D eigenvalue weighted by atomic mass is 10.1. The third-order valence-electron chi connectivity index (χ3n) is 2.70. The highest BCUT2D eigenvalue weighted by Gasteiger charge is 1.99. The highest BCUT2D eigenvalue weighted by Crippen LogP contribution is 2.14. The second-order valence-electron chi connectivity index (χ2n) is 3.97. The number of pyridine rings is 1. The zero-order valence-corrected chi connectivity index (χ0v) is 10.4. The quantitative estimate of drug-likeness (QED) is 0.846. The van der Waals surface area contributed by atoms with Crippen molar-refractivity contribution in [1.29, 1.82) is 0 Å². The van der Waals surface area contributed by atoms with Crippen LogP contribution in [0.5, 0.6) is 5.75 Å². The van der Waals surface area contributed by atoms with Gasteiger partial charge in [0.2, 0.25) is 0 Å². The van der Waals surface area contributed by atoms with Crippen LogP contribution in [0.2, 0.25) is 0 Å². The summed E-state index contributed by atoms with van der Waals surface area (Å²) in [5.74, 6) is 1.62. The molecule has 18 heavy (non-hydrogen) atoms. The number of nitrogens with two attached hydrogens (primary N) is 1. The zero-order chi connectivity index (χ0) is 12.8. The van der Waals surface area contributed by atoms with Gasteiger partial charge in [-0.25, -0.2) is 4.98 Å². The van der Waals surface area contributed by atoms with Crippen LogP contribution in [0.3, 0.4) is 0 Å². The van der Waals surface area contributed by atoms with Crippen molar-refractivity contribution in [3.63, 3.8) is 0 Å². The summed E-state index contributed by atoms with van der Waals surface area (Å²) in [6.07, 6.45) is 2.64. The molecule has 3 N–H and O–H groups in total. The molecule has 0 unspecified atom stereocenters. The molecule has 0 saturated heterocycles. The molecule has 0 radical (unpaired) electrons. The maximum atomic E-state index is 5.80. The Hall–Kier alpha value is -2.23. The van der Waals surface area contributed by atoms with Gasteiger partial charge in [0.05, 0.1) is 12.8 Å². The molecular weight excluding hydrogens is 226 g/mol. The van der Waals surface area contributed by atoms with Crippen LogP contribution in [-0.4, -0.2) is 18.6 Å². The number of rotatable bonds is 5. The lowest BCUT2D eigenvalue weighted by molar-refractivity contribution is 0.414. The number of hydrogen-bond acceptors (Lipinski definition) is 4. The van der Waals surface area contributed by atoms with Crippen molar-refractivity contribution in [1.82, 2.24) is 4.98 Å². The molecule has 2 rings (SSSR count). The molecule has 0 fully saturated rings. The number of anilines is 2. The molecule has 0 aliphatic carbocycles. The second-order valence-corrected chi connectivity index (χ2v) is 3.97. The average molecular weight is 243 g/mol. The topological polar surface area (TPSA) is 60.2 Å². The number of nitrogens with zero attached hydrogens (tertiary/aromatic N) is 1. The molecule has 0 bridgehead atoms. The van der Waals surface area contributed by atoms with Crippen molar-refractivity contribution in [3.8, 4) is 5.75 Å². The van der Waals surface area contributed by atoms with Crippen LogP contribution in [0.15, 0.2) is 42.6 Å². The Morgan fingerprint density at radius 2 is 2.00 bits per heavy atom. The van der Waals surface area contributed by atoms with Gasteiger partial charge in [-0.1, -0.05) is 12.1 Å². The van der Waals surface area contributed by atoms with E-state index in [4.69, 9.17) is 10.5 Å². The molecule has 4 nitrogen and oxygen atoms in total. The predicted octanol–water partition coefficient (Wildman–Crippen LogP) is 2.33. The molecule has 0 saturated carbocycles. The molecule has 0 atom stereocenters. The predicted molar refractivity (Wildman–Crippen MR) is 73.8 cm³/mol. The summed E-state index contributed by atoms with van der Waals surface area (Å²) in [5.41, 5.74) is 7.72. The first-order valence-corrected chi connectivity index (χ1v) is 5.87. The minimum atomic E-state index is 0.673. The van der Waals surface area contributed by atoms with Crippen molar-refractivity contribution in [3.05, 3.63) is 48.2 Å². The van der Waals surface area contributed by atoms with E-state index < -0.39 is 0 Å². The van der Waals surface area contributed by atoms with Crippen molar-refractivity contribution >= 4 is 11.5 Å². The van der Waals surface area contributed by atoms with Crippen LogP contribution in [0.4, 0.5) is 11.5 Å². The maximum absolute atomic E-state index is 5.80. The van der Waals surface area contributed by atoms with Gasteiger partial charge in [-0.2, -0.15) is 0 Å². The maximum Gasteiger partial charge on any atom is 0.149 e. The molecule has 1 heterocycles. The molecule has 1 aromatic carbocycles. The lowest BCUT2D eigenvalue weighted by Gasteiger charge is -2.08. The molecule has 2 aromatic rings. The highest BCUT2D eigenvalue weighted by molar-refractivity contribution is 5.60. The van der Waals surface area contributed by atoms with Gasteiger partial charge in [-0.15, -0.1) is 0 Å². The van der Waals surface area contributed by atoms with Crippen LogP contribution in [0.1, 0.15) is 5.56 Å². The summed E-state index contributed by atoms with van der Waals surface area (Å²) in [5, 5.41) is 3.22. The van der Waals surface area contributed by atoms with E-state index in [9.17, 15) is 0 Å². The molecule has 0 amide bonds. The average Bonchev–Trinajstić information content (AvgIpc) is 2.42. The molecule has 4 heteroatoms. The third kappa shape index (κ3) is 3.13. The van der Waals surface area contributed by atoms with Crippen molar-refractivity contribution < 1.29 is 4.74 Å². The first kappa shape index (κ1) is 12.2. The Morgan fingerprint density at radius 1 is 1.22 bits per heavy atom. The van der Waals surface area contributed by atoms with E-state index in [1.54, 1.807) is 13.3 Å². The van der Waals surface area contributed by atoms with Crippen molar-refractivity contribution in [2.45, 2.75) is 6.42 Å². The fraction of sp³-hybridized carbons (Fsp3) is 0.214. The van der Waals surface area contributed by atoms with Crippen molar-refractivity contribution in [2.24, 2.45) is 0 Å². The Morgan fingerprint density at radius 3 is 2.67 bits per heavy atom. The number of hydrogen-bond donors (Lipinski definition) is 2. The third-order valence-corrected chi connectivity index (χ3v) is 2.70. The zero-order valence-electron chi connectivity index (χ0n) is 10.4. The fourth-order valence-corrected chi connectivity index (χ4v) is 1.68. The van der Waals surface area contributed by atoms with Gasteiger partial charge in [-0.05, 0) is 36.2 Å². The van der Waals surface area contributed by atoms with Crippen LogP contribution >= 0.6 is 0 Å². The monoisotopic (exact) mass is 243 g/mol. The van der Waals surface area contributed by atoms with Gasteiger partial charge in [0.25, 0.3) is 0 Å². The number of methoxy groups -OCH3 is 1. The van der Waals surface area contributed by atoms with Crippen LogP contribution in [-0.2, 0) is 6.42 Å². The van der Waals surface area contributed by atoms with E-state index in [0.717, 1.165) is 24.5 Å². The number of nitrogen functional groups attached to an aromatic ring is 1. The summed E-state index contributed by atoms with van der Waals surface area (Å²) in [4.78, 5) is 4.18. The van der Waals surface area contributed by atoms with Gasteiger partial charge in [0, 0.05) is 12.7 Å². The number of benzene rings is 1. The van der Waals surface area contributed by atoms with Crippen LogP contribution in [0.25, 0.3) is 0 Å². The van der Waals surface area contributed by atoms with Crippen molar-refractivity contribution in [2.75, 3.05) is 24.7 Å². The Bertz CT molecular complexity index is 497. The smallest absolute Gasteiger partial charge is 0.149 e. The molecule has 1 aromatic heterocycles. The van der Waals surface area contributed by atoms with Gasteiger partial charge >= 0.3 is 0 Å². The SMILES string of the molecule is COc1ccc(CCNc2ncccc2N)cc1. The lowest BCUT2D eigenvalue weighted by Crippen LogP contribution is -2.08. The molecule has 0 aliphatic heterocycles. The fourth-order valence-electron chi connectivity index (χ4n) is 1.68. The minimum absolute atomic E-state index is 0.673. The molecule has 94 valence electrons. The van der Waals surface area contributed by atoms with E-state index in [0.29, 0.717) is 5.69 Å². The normalized spacial score (nSPS) is 10.1. The Labute approximate surface area is 107 Å². The van der Waals surface area contributed by atoms with Gasteiger partial charge < -0.3 is 15.8 Å². The molecule has 0 spiro atoms. The second kappa shape index (κ2) is 5.91. The van der Waals surface area contributed by atoms with E-state index in [1.165, 1.54) is 5.56 Å². The standard InChI is InChI=1S/C14H17N3O/c1-18-12-6-4-11(5-7-12)8-10-17-14-13(15)3-2-9-16-14/h2-7,9H,8,10,15H2,1H3,(H,16,17). The van der Waals surface area contributed by atoms with E-state index >= 15 is 0 Å². The summed E-state index contributed by atoms with van der Waals surface area (Å²) < 4.78 is 5.12. The first-order chi connectivity index (χ1) is 8.79. The summed E-state index contributed by atoms with van der Waals surface area (Å²) in [7, 11) is 1.67. The summed E-state index contributed by atoms with van der Waals surface area (Å²) >= 11 is 0. The Kier molecular flexibility index (Phi) is 4.02. The minimum Gasteiger partial charge on any atom is -0.497 e. The Balaban J connectivity index is 1.86. The number of aromatic nitrogens is 1. The van der Waals surface area contributed by atoms with E-state index in [1.807, 2.05) is 24.3 Å². The van der Waals surface area contributed by atoms with Crippen LogP contribution < -0.4 is 15.8 Å². The number of nitrogens with one attached hydrogen (secondary N) is 1. The highest BCUT2D eigenvalue weighted by atomic mass is 16.5. The van der Waals surface area contributed by atoms with Gasteiger partial charge in [0.1, 0.15) is 11.6 Å². The molecular formula is C14H17N3O. The summed E-state index contributed by atoms with van der Waals surface area (Å²) in [6, 6.07) is 11.7.